The van der Waals surface area contributed by atoms with Crippen LogP contribution in [0.25, 0.3) is 11.3 Å². The Morgan fingerprint density at radius 2 is 1.88 bits per heavy atom. The van der Waals surface area contributed by atoms with Crippen LogP contribution in [0.4, 0.5) is 4.39 Å². The minimum Gasteiger partial charge on any atom is -0.478 e. The molecule has 0 aliphatic rings. The molecule has 0 aliphatic heterocycles. The molecule has 1 aromatic carbocycles. The number of hydrogen-bond donors (Lipinski definition) is 1. The van der Waals surface area contributed by atoms with Crippen molar-refractivity contribution in [2.24, 2.45) is 0 Å². The Bertz CT molecular complexity index is 653. The van der Waals surface area contributed by atoms with Crippen molar-refractivity contribution in [3.63, 3.8) is 0 Å². The van der Waals surface area contributed by atoms with E-state index in [-0.39, 0.29) is 18.1 Å². The lowest BCUT2D eigenvalue weighted by molar-refractivity contribution is 0.0280. The van der Waals surface area contributed by atoms with Crippen molar-refractivity contribution in [1.29, 1.82) is 0 Å². The van der Waals surface area contributed by atoms with E-state index in [4.69, 9.17) is 9.47 Å². The maximum Gasteiger partial charge on any atom is 0.339 e. The minimum atomic E-state index is -1.08. The lowest BCUT2D eigenvalue weighted by atomic mass is 10.1. The molecule has 0 radical (unpaired) electrons. The lowest BCUT2D eigenvalue weighted by Crippen LogP contribution is -2.10. The Balaban J connectivity index is 0.00000139. The molecule has 1 aromatic heterocycles. The van der Waals surface area contributed by atoms with Crippen LogP contribution in [0.3, 0.4) is 0 Å². The molecule has 132 valence electrons. The van der Waals surface area contributed by atoms with Gasteiger partial charge in [0.15, 0.2) is 0 Å². The smallest absolute Gasteiger partial charge is 0.339 e. The van der Waals surface area contributed by atoms with Gasteiger partial charge in [-0.3, -0.25) is 0 Å². The van der Waals surface area contributed by atoms with Crippen LogP contribution in [0.15, 0.2) is 24.3 Å². The summed E-state index contributed by atoms with van der Waals surface area (Å²) in [5.74, 6) is -1.47. The molecule has 7 heteroatoms. The fourth-order valence-corrected chi connectivity index (χ4v) is 2.03. The van der Waals surface area contributed by atoms with Gasteiger partial charge < -0.3 is 14.6 Å². The highest BCUT2D eigenvalue weighted by Crippen LogP contribution is 2.25. The molecule has 6 nitrogen and oxygen atoms in total. The van der Waals surface area contributed by atoms with E-state index in [2.05, 4.69) is 5.10 Å². The van der Waals surface area contributed by atoms with Gasteiger partial charge in [-0.1, -0.05) is 13.8 Å². The van der Waals surface area contributed by atoms with Gasteiger partial charge in [-0.05, 0) is 31.2 Å². The van der Waals surface area contributed by atoms with Crippen molar-refractivity contribution < 1.29 is 23.8 Å². The lowest BCUT2D eigenvalue weighted by Gasteiger charge is -2.05. The summed E-state index contributed by atoms with van der Waals surface area (Å²) in [7, 11) is 1.57. The average Bonchev–Trinajstić information content (AvgIpc) is 2.91. The molecular formula is C17H23FN2O4. The number of carboxylic acids is 1. The van der Waals surface area contributed by atoms with Gasteiger partial charge in [0.2, 0.25) is 0 Å². The molecule has 24 heavy (non-hydrogen) atoms. The van der Waals surface area contributed by atoms with E-state index in [0.29, 0.717) is 30.2 Å². The molecule has 0 fully saturated rings. The summed E-state index contributed by atoms with van der Waals surface area (Å²) in [6.45, 7) is 6.60. The van der Waals surface area contributed by atoms with Gasteiger partial charge in [0.25, 0.3) is 0 Å². The van der Waals surface area contributed by atoms with Crippen molar-refractivity contribution in [1.82, 2.24) is 9.78 Å². The van der Waals surface area contributed by atoms with E-state index in [9.17, 15) is 14.3 Å². The summed E-state index contributed by atoms with van der Waals surface area (Å²) in [6, 6.07) is 5.54. The highest BCUT2D eigenvalue weighted by Gasteiger charge is 2.21. The molecule has 0 unspecified atom stereocenters. The van der Waals surface area contributed by atoms with E-state index in [1.54, 1.807) is 14.0 Å². The van der Waals surface area contributed by atoms with Crippen LogP contribution < -0.4 is 0 Å². The molecule has 0 amide bonds. The zero-order valence-electron chi connectivity index (χ0n) is 14.4. The maximum absolute atomic E-state index is 13.0. The fourth-order valence-electron chi connectivity index (χ4n) is 2.03. The summed E-state index contributed by atoms with van der Waals surface area (Å²) < 4.78 is 24.7. The SMILES string of the molecule is CC.COCCOCn1nc(-c2ccc(F)cc2)c(C(=O)O)c1C. The second kappa shape index (κ2) is 9.79. The summed E-state index contributed by atoms with van der Waals surface area (Å²) in [5, 5.41) is 13.7. The third-order valence-electron chi connectivity index (χ3n) is 3.18. The number of methoxy groups -OCH3 is 1. The number of hydrogen-bond acceptors (Lipinski definition) is 4. The van der Waals surface area contributed by atoms with Gasteiger partial charge in [0, 0.05) is 12.7 Å². The first-order valence-corrected chi connectivity index (χ1v) is 7.68. The number of nitrogens with zero attached hydrogens (tertiary/aromatic N) is 2. The summed E-state index contributed by atoms with van der Waals surface area (Å²) in [5.41, 5.74) is 1.39. The first-order chi connectivity index (χ1) is 11.5. The summed E-state index contributed by atoms with van der Waals surface area (Å²) in [6.07, 6.45) is 0. The van der Waals surface area contributed by atoms with Gasteiger partial charge in [0.05, 0.1) is 18.9 Å². The zero-order chi connectivity index (χ0) is 18.1. The predicted octanol–water partition coefficient (Wildman–Crippen LogP) is 3.34. The molecule has 0 atom stereocenters. The van der Waals surface area contributed by atoms with Crippen molar-refractivity contribution >= 4 is 5.97 Å². The van der Waals surface area contributed by atoms with Crippen LogP contribution in [-0.2, 0) is 16.2 Å². The van der Waals surface area contributed by atoms with Crippen LogP contribution in [-0.4, -0.2) is 41.2 Å². The van der Waals surface area contributed by atoms with E-state index >= 15 is 0 Å². The quantitative estimate of drug-likeness (QED) is 0.784. The number of aromatic carboxylic acids is 1. The molecule has 0 saturated heterocycles. The third-order valence-corrected chi connectivity index (χ3v) is 3.18. The zero-order valence-corrected chi connectivity index (χ0v) is 14.4. The van der Waals surface area contributed by atoms with Crippen LogP contribution in [0.2, 0.25) is 0 Å². The van der Waals surface area contributed by atoms with Gasteiger partial charge in [-0.2, -0.15) is 5.10 Å². The molecule has 0 saturated carbocycles. The van der Waals surface area contributed by atoms with Gasteiger partial charge in [-0.15, -0.1) is 0 Å². The summed E-state index contributed by atoms with van der Waals surface area (Å²) >= 11 is 0. The van der Waals surface area contributed by atoms with Crippen LogP contribution >= 0.6 is 0 Å². The van der Waals surface area contributed by atoms with Gasteiger partial charge in [0.1, 0.15) is 23.8 Å². The van der Waals surface area contributed by atoms with E-state index < -0.39 is 5.97 Å². The number of carbonyl (C=O) groups is 1. The van der Waals surface area contributed by atoms with Crippen molar-refractivity contribution in [2.45, 2.75) is 27.5 Å². The molecular weight excluding hydrogens is 315 g/mol. The van der Waals surface area contributed by atoms with Gasteiger partial charge in [-0.25, -0.2) is 13.9 Å². The van der Waals surface area contributed by atoms with Gasteiger partial charge >= 0.3 is 5.97 Å². The fraction of sp³-hybridized carbons (Fsp3) is 0.412. The standard InChI is InChI=1S/C15H17FN2O4.C2H6/c1-10-13(15(19)20)14(11-3-5-12(16)6-4-11)17-18(10)9-22-8-7-21-2;1-2/h3-6H,7-9H2,1-2H3,(H,19,20);1-2H3. The molecule has 1 N–H and O–H groups in total. The second-order valence-corrected chi connectivity index (χ2v) is 4.65. The van der Waals surface area contributed by atoms with E-state index in [1.165, 1.54) is 28.9 Å². The third kappa shape index (κ3) is 4.87. The molecule has 0 bridgehead atoms. The molecule has 0 aliphatic carbocycles. The number of halogens is 1. The number of carboxylic acid groups (broad SMARTS) is 1. The van der Waals surface area contributed by atoms with E-state index in [1.807, 2.05) is 13.8 Å². The van der Waals surface area contributed by atoms with Crippen molar-refractivity contribution in [3.8, 4) is 11.3 Å². The maximum atomic E-state index is 13.0. The normalized spacial score (nSPS) is 10.2. The number of aromatic nitrogens is 2. The van der Waals surface area contributed by atoms with Crippen LogP contribution in [0.1, 0.15) is 29.9 Å². The Labute approximate surface area is 140 Å². The van der Waals surface area contributed by atoms with Crippen molar-refractivity contribution in [2.75, 3.05) is 20.3 Å². The topological polar surface area (TPSA) is 73.6 Å². The highest BCUT2D eigenvalue weighted by molar-refractivity contribution is 5.96. The number of benzene rings is 1. The Kier molecular flexibility index (Phi) is 8.08. The highest BCUT2D eigenvalue weighted by atomic mass is 19.1. The van der Waals surface area contributed by atoms with Crippen molar-refractivity contribution in [3.05, 3.63) is 41.3 Å². The predicted molar refractivity (Wildman–Crippen MR) is 88.5 cm³/mol. The number of ether oxygens (including phenoxy) is 2. The Morgan fingerprint density at radius 3 is 2.42 bits per heavy atom. The Hall–Kier alpha value is -2.25. The molecule has 1 heterocycles. The first kappa shape index (κ1) is 19.8. The molecule has 2 rings (SSSR count). The largest absolute Gasteiger partial charge is 0.478 e. The second-order valence-electron chi connectivity index (χ2n) is 4.65. The minimum absolute atomic E-state index is 0.0851. The first-order valence-electron chi connectivity index (χ1n) is 7.68. The van der Waals surface area contributed by atoms with Crippen LogP contribution in [0.5, 0.6) is 0 Å². The molecule has 0 spiro atoms. The number of rotatable bonds is 7. The summed E-state index contributed by atoms with van der Waals surface area (Å²) in [4.78, 5) is 11.5. The monoisotopic (exact) mass is 338 g/mol. The average molecular weight is 338 g/mol. The van der Waals surface area contributed by atoms with Crippen LogP contribution in [0, 0.1) is 12.7 Å². The molecule has 2 aromatic rings. The van der Waals surface area contributed by atoms with E-state index in [0.717, 1.165) is 0 Å². The Morgan fingerprint density at radius 1 is 1.25 bits per heavy atom.